The Bertz CT molecular complexity index is 3450. The number of fused-ring (bicyclic) bond motifs is 10. The summed E-state index contributed by atoms with van der Waals surface area (Å²) >= 11 is 0. The molecule has 0 aliphatic heterocycles. The van der Waals surface area contributed by atoms with E-state index in [0.29, 0.717) is 17.6 Å². The SMILES string of the molecule is c1ccc(-c2ccc3c(c2)oc2cccc(-n4c5ccccc5c5ccc6c7ccccc7n(-c7nc(-c8ccccc8)nc(-c8ccccc8)n7)c6c54)c23)cc1. The normalized spacial score (nSPS) is 11.9. The minimum absolute atomic E-state index is 0.554. The van der Waals surface area contributed by atoms with Gasteiger partial charge in [-0.25, -0.2) is 4.98 Å². The molecular formula is C51H31N5O. The van der Waals surface area contributed by atoms with E-state index >= 15 is 0 Å². The van der Waals surface area contributed by atoms with Crippen molar-refractivity contribution in [2.45, 2.75) is 0 Å². The van der Waals surface area contributed by atoms with E-state index in [0.717, 1.165) is 93.5 Å². The fourth-order valence-electron chi connectivity index (χ4n) is 8.66. The van der Waals surface area contributed by atoms with Crippen molar-refractivity contribution in [2.24, 2.45) is 0 Å². The highest BCUT2D eigenvalue weighted by atomic mass is 16.3. The second kappa shape index (κ2) is 12.3. The van der Waals surface area contributed by atoms with Gasteiger partial charge in [-0.1, -0.05) is 152 Å². The third-order valence-electron chi connectivity index (χ3n) is 11.2. The fraction of sp³-hybridized carbons (Fsp3) is 0. The van der Waals surface area contributed by atoms with Crippen molar-refractivity contribution >= 4 is 65.6 Å². The van der Waals surface area contributed by atoms with Gasteiger partial charge < -0.3 is 8.98 Å². The van der Waals surface area contributed by atoms with Gasteiger partial charge in [-0.2, -0.15) is 9.97 Å². The van der Waals surface area contributed by atoms with Crippen LogP contribution in [0.3, 0.4) is 0 Å². The van der Waals surface area contributed by atoms with Crippen LogP contribution < -0.4 is 0 Å². The zero-order valence-electron chi connectivity index (χ0n) is 30.5. The maximum absolute atomic E-state index is 6.67. The molecule has 0 radical (unpaired) electrons. The van der Waals surface area contributed by atoms with Crippen LogP contribution in [0.2, 0.25) is 0 Å². The number of para-hydroxylation sites is 2. The van der Waals surface area contributed by atoms with Crippen LogP contribution in [0.4, 0.5) is 0 Å². The first-order valence-corrected chi connectivity index (χ1v) is 19.1. The van der Waals surface area contributed by atoms with Crippen molar-refractivity contribution in [1.29, 1.82) is 0 Å². The molecule has 0 saturated carbocycles. The highest BCUT2D eigenvalue weighted by molar-refractivity contribution is 6.24. The lowest BCUT2D eigenvalue weighted by molar-refractivity contribution is 0.669. The Morgan fingerprint density at radius 2 is 0.877 bits per heavy atom. The van der Waals surface area contributed by atoms with Gasteiger partial charge in [-0.15, -0.1) is 0 Å². The Hall–Kier alpha value is -7.83. The first-order chi connectivity index (χ1) is 28.3. The first kappa shape index (κ1) is 31.5. The van der Waals surface area contributed by atoms with Crippen molar-refractivity contribution < 1.29 is 4.42 Å². The summed E-state index contributed by atoms with van der Waals surface area (Å²) in [5.41, 5.74) is 11.1. The van der Waals surface area contributed by atoms with E-state index < -0.39 is 0 Å². The van der Waals surface area contributed by atoms with Crippen molar-refractivity contribution in [2.75, 3.05) is 0 Å². The summed E-state index contributed by atoms with van der Waals surface area (Å²) in [6.45, 7) is 0. The quantitative estimate of drug-likeness (QED) is 0.177. The number of hydrogen-bond acceptors (Lipinski definition) is 4. The van der Waals surface area contributed by atoms with Crippen LogP contribution >= 0.6 is 0 Å². The van der Waals surface area contributed by atoms with Crippen molar-refractivity contribution in [3.63, 3.8) is 0 Å². The van der Waals surface area contributed by atoms with Gasteiger partial charge in [0.15, 0.2) is 11.6 Å². The molecule has 4 aromatic heterocycles. The molecule has 0 fully saturated rings. The molecule has 0 saturated heterocycles. The summed E-state index contributed by atoms with van der Waals surface area (Å²) < 4.78 is 11.3. The Balaban J connectivity index is 1.22. The average Bonchev–Trinajstić information content (AvgIpc) is 3.95. The van der Waals surface area contributed by atoms with Gasteiger partial charge in [-0.3, -0.25) is 4.57 Å². The smallest absolute Gasteiger partial charge is 0.238 e. The van der Waals surface area contributed by atoms with Crippen LogP contribution in [0, 0.1) is 0 Å². The molecule has 0 spiro atoms. The molecule has 8 aromatic carbocycles. The number of rotatable bonds is 5. The molecule has 0 aliphatic rings. The zero-order chi connectivity index (χ0) is 37.5. The molecule has 57 heavy (non-hydrogen) atoms. The highest BCUT2D eigenvalue weighted by Gasteiger charge is 2.25. The number of benzene rings is 8. The summed E-state index contributed by atoms with van der Waals surface area (Å²) in [4.78, 5) is 15.6. The molecule has 0 atom stereocenters. The summed E-state index contributed by atoms with van der Waals surface area (Å²) in [5, 5.41) is 6.66. The van der Waals surface area contributed by atoms with Crippen LogP contribution in [-0.4, -0.2) is 24.1 Å². The molecule has 0 N–H and O–H groups in total. The largest absolute Gasteiger partial charge is 0.456 e. The number of nitrogens with zero attached hydrogens (tertiary/aromatic N) is 5. The second-order valence-corrected chi connectivity index (χ2v) is 14.4. The lowest BCUT2D eigenvalue weighted by Gasteiger charge is -2.14. The van der Waals surface area contributed by atoms with Gasteiger partial charge >= 0.3 is 0 Å². The Morgan fingerprint density at radius 3 is 1.51 bits per heavy atom. The summed E-state index contributed by atoms with van der Waals surface area (Å²) in [7, 11) is 0. The average molecular weight is 730 g/mol. The van der Waals surface area contributed by atoms with Gasteiger partial charge in [0.2, 0.25) is 5.95 Å². The van der Waals surface area contributed by atoms with Crippen LogP contribution in [-0.2, 0) is 0 Å². The molecule has 0 bridgehead atoms. The van der Waals surface area contributed by atoms with E-state index in [1.54, 1.807) is 0 Å². The predicted molar refractivity (Wildman–Crippen MR) is 232 cm³/mol. The van der Waals surface area contributed by atoms with E-state index in [4.69, 9.17) is 19.4 Å². The van der Waals surface area contributed by atoms with Crippen molar-refractivity contribution in [3.8, 4) is 45.5 Å². The zero-order valence-corrected chi connectivity index (χ0v) is 30.5. The van der Waals surface area contributed by atoms with Crippen LogP contribution in [0.1, 0.15) is 0 Å². The summed E-state index contributed by atoms with van der Waals surface area (Å²) in [6, 6.07) is 65.4. The molecule has 266 valence electrons. The van der Waals surface area contributed by atoms with Gasteiger partial charge in [0, 0.05) is 38.1 Å². The maximum Gasteiger partial charge on any atom is 0.238 e. The summed E-state index contributed by atoms with van der Waals surface area (Å²) in [6.07, 6.45) is 0. The van der Waals surface area contributed by atoms with Gasteiger partial charge in [-0.05, 0) is 47.5 Å². The summed E-state index contributed by atoms with van der Waals surface area (Å²) in [5.74, 6) is 1.78. The molecule has 6 heteroatoms. The molecule has 0 amide bonds. The van der Waals surface area contributed by atoms with Crippen LogP contribution in [0.25, 0.3) is 111 Å². The van der Waals surface area contributed by atoms with Crippen molar-refractivity contribution in [3.05, 3.63) is 188 Å². The lowest BCUT2D eigenvalue weighted by atomic mass is 10.0. The standard InChI is InChI=1S/C51H31N5O/c1-4-15-32(16-5-1)35-27-28-40-45(31-35)57-44-26-14-25-43(46(40)44)55-41-23-12-10-21-36(41)38-29-30-39-37-22-11-13-24-42(37)56(48(39)47(38)55)51-53-49(33-17-6-2-7-18-33)52-50(54-51)34-19-8-3-9-20-34/h1-31H. The van der Waals surface area contributed by atoms with E-state index in [1.165, 1.54) is 0 Å². The molecule has 0 unspecified atom stereocenters. The molecule has 4 heterocycles. The maximum atomic E-state index is 6.67. The van der Waals surface area contributed by atoms with Gasteiger partial charge in [0.05, 0.1) is 33.1 Å². The van der Waals surface area contributed by atoms with Gasteiger partial charge in [0.25, 0.3) is 0 Å². The first-order valence-electron chi connectivity index (χ1n) is 19.1. The predicted octanol–water partition coefficient (Wildman–Crippen LogP) is 13.0. The van der Waals surface area contributed by atoms with E-state index in [1.807, 2.05) is 42.5 Å². The number of aromatic nitrogens is 5. The Morgan fingerprint density at radius 1 is 0.351 bits per heavy atom. The van der Waals surface area contributed by atoms with E-state index in [9.17, 15) is 0 Å². The Kier molecular flexibility index (Phi) is 6.83. The highest BCUT2D eigenvalue weighted by Crippen LogP contribution is 2.44. The minimum Gasteiger partial charge on any atom is -0.456 e. The topological polar surface area (TPSA) is 61.7 Å². The molecular weight excluding hydrogens is 699 g/mol. The number of hydrogen-bond donors (Lipinski definition) is 0. The Labute approximate surface area is 326 Å². The van der Waals surface area contributed by atoms with Crippen LogP contribution in [0.5, 0.6) is 0 Å². The number of furan rings is 1. The monoisotopic (exact) mass is 729 g/mol. The lowest BCUT2D eigenvalue weighted by Crippen LogP contribution is -2.07. The second-order valence-electron chi connectivity index (χ2n) is 14.4. The fourth-order valence-corrected chi connectivity index (χ4v) is 8.66. The van der Waals surface area contributed by atoms with E-state index in [-0.39, 0.29) is 0 Å². The van der Waals surface area contributed by atoms with Gasteiger partial charge in [0.1, 0.15) is 11.2 Å². The molecule has 12 aromatic rings. The third kappa shape index (κ3) is 4.81. The minimum atomic E-state index is 0.554. The molecule has 12 rings (SSSR count). The van der Waals surface area contributed by atoms with Crippen LogP contribution in [0.15, 0.2) is 192 Å². The third-order valence-corrected chi connectivity index (χ3v) is 11.2. The molecule has 6 nitrogen and oxygen atoms in total. The van der Waals surface area contributed by atoms with E-state index in [2.05, 4.69) is 155 Å². The molecule has 0 aliphatic carbocycles. The van der Waals surface area contributed by atoms with Crippen molar-refractivity contribution in [1.82, 2.24) is 24.1 Å².